The molecule has 0 fully saturated rings. The van der Waals surface area contributed by atoms with Gasteiger partial charge in [0.15, 0.2) is 0 Å². The average Bonchev–Trinajstić information content (AvgIpc) is 3.68. The second-order valence-electron chi connectivity index (χ2n) is 9.56. The summed E-state index contributed by atoms with van der Waals surface area (Å²) in [4.78, 5) is 45.7. The number of phenols is 1. The summed E-state index contributed by atoms with van der Waals surface area (Å²) in [6, 6.07) is 7.35. The molecule has 0 atom stereocenters. The minimum absolute atomic E-state index is 0.0685. The number of phenolic OH excluding ortho intramolecular Hbond substituents is 1. The Morgan fingerprint density at radius 2 is 1.74 bits per heavy atom. The number of hydrogen-bond acceptors (Lipinski definition) is 9. The van der Waals surface area contributed by atoms with E-state index in [9.17, 15) is 24.6 Å². The quantitative estimate of drug-likeness (QED) is 0.162. The van der Waals surface area contributed by atoms with Crippen molar-refractivity contribution < 1.29 is 34.1 Å². The van der Waals surface area contributed by atoms with Crippen molar-refractivity contribution in [3.8, 4) is 11.5 Å². The highest BCUT2D eigenvalue weighted by atomic mass is 16.5. The number of allylic oxidation sites excluding steroid dienone is 2. The summed E-state index contributed by atoms with van der Waals surface area (Å²) in [5.74, 6) is -1.85. The number of hydrogen-bond donors (Lipinski definition) is 3. The molecule has 0 saturated heterocycles. The molecular weight excluding hydrogens is 558 g/mol. The smallest absolute Gasteiger partial charge is 0.338 e. The van der Waals surface area contributed by atoms with Crippen LogP contribution in [0.2, 0.25) is 0 Å². The lowest BCUT2D eigenvalue weighted by Gasteiger charge is -2.10. The van der Waals surface area contributed by atoms with Gasteiger partial charge in [-0.3, -0.25) is 14.8 Å². The number of carboxylic acids is 1. The molecule has 3 N–H and O–H groups in total. The molecule has 0 aliphatic carbocycles. The lowest BCUT2D eigenvalue weighted by atomic mass is 10.2. The third-order valence-corrected chi connectivity index (χ3v) is 6.80. The number of carbonyl (C=O) groups excluding carboxylic acids is 2. The SMILES string of the molecule is CCn1nc(C)cc1C(=O)Nc1nc2cc(C(=O)OC)cc(O)c2n1CC=CCn1cnc2cc(C(=O)O)cc(OC)c21. The molecule has 0 radical (unpaired) electrons. The van der Waals surface area contributed by atoms with E-state index in [1.807, 2.05) is 19.1 Å². The summed E-state index contributed by atoms with van der Waals surface area (Å²) >= 11 is 0. The molecule has 14 heteroatoms. The van der Waals surface area contributed by atoms with Crippen LogP contribution < -0.4 is 10.1 Å². The fourth-order valence-electron chi connectivity index (χ4n) is 4.85. The molecule has 5 rings (SSSR count). The number of amides is 1. The van der Waals surface area contributed by atoms with Crippen LogP contribution in [0.1, 0.15) is 43.8 Å². The summed E-state index contributed by atoms with van der Waals surface area (Å²) in [7, 11) is 2.70. The molecule has 3 heterocycles. The monoisotopic (exact) mass is 587 g/mol. The maximum atomic E-state index is 13.2. The van der Waals surface area contributed by atoms with Crippen molar-refractivity contribution in [3.05, 3.63) is 71.3 Å². The molecule has 2 aromatic carbocycles. The van der Waals surface area contributed by atoms with Gasteiger partial charge in [-0.15, -0.1) is 0 Å². The van der Waals surface area contributed by atoms with E-state index >= 15 is 0 Å². The number of nitrogens with zero attached hydrogens (tertiary/aromatic N) is 6. The zero-order valence-electron chi connectivity index (χ0n) is 23.9. The van der Waals surface area contributed by atoms with Crippen LogP contribution in [0, 0.1) is 6.92 Å². The molecule has 0 aliphatic heterocycles. The van der Waals surface area contributed by atoms with Crippen LogP contribution >= 0.6 is 0 Å². The second kappa shape index (κ2) is 11.7. The number of ether oxygens (including phenoxy) is 2. The number of aromatic nitrogens is 6. The van der Waals surface area contributed by atoms with Gasteiger partial charge in [-0.2, -0.15) is 5.10 Å². The normalized spacial score (nSPS) is 11.4. The highest BCUT2D eigenvalue weighted by Gasteiger charge is 2.21. The van der Waals surface area contributed by atoms with Crippen molar-refractivity contribution in [2.45, 2.75) is 33.5 Å². The molecule has 0 unspecified atom stereocenters. The van der Waals surface area contributed by atoms with Crippen LogP contribution in [0.5, 0.6) is 11.5 Å². The molecule has 43 heavy (non-hydrogen) atoms. The number of carboxylic acid groups (broad SMARTS) is 1. The van der Waals surface area contributed by atoms with E-state index in [2.05, 4.69) is 20.4 Å². The molecule has 5 aromatic rings. The molecule has 222 valence electrons. The van der Waals surface area contributed by atoms with E-state index in [0.717, 1.165) is 0 Å². The predicted octanol–water partition coefficient (Wildman–Crippen LogP) is 3.62. The number of carbonyl (C=O) groups is 3. The van der Waals surface area contributed by atoms with Gasteiger partial charge in [0.25, 0.3) is 5.91 Å². The van der Waals surface area contributed by atoms with Crippen LogP contribution in [0.4, 0.5) is 5.95 Å². The van der Waals surface area contributed by atoms with Crippen LogP contribution in [0.15, 0.2) is 48.8 Å². The van der Waals surface area contributed by atoms with Crippen LogP contribution in [0.25, 0.3) is 22.1 Å². The Labute approximate surface area is 244 Å². The molecule has 1 amide bonds. The molecule has 14 nitrogen and oxygen atoms in total. The first-order chi connectivity index (χ1) is 20.6. The first kappa shape index (κ1) is 28.9. The zero-order valence-corrected chi connectivity index (χ0v) is 23.9. The number of esters is 1. The van der Waals surface area contributed by atoms with Gasteiger partial charge in [0, 0.05) is 19.6 Å². The van der Waals surface area contributed by atoms with E-state index in [4.69, 9.17) is 9.47 Å². The highest BCUT2D eigenvalue weighted by Crippen LogP contribution is 2.31. The molecule has 0 saturated carbocycles. The van der Waals surface area contributed by atoms with E-state index < -0.39 is 17.8 Å². The molecular formula is C29H29N7O7. The van der Waals surface area contributed by atoms with Crippen LogP contribution in [-0.4, -0.2) is 71.2 Å². The van der Waals surface area contributed by atoms with Gasteiger partial charge in [-0.1, -0.05) is 12.2 Å². The van der Waals surface area contributed by atoms with E-state index in [-0.39, 0.29) is 34.9 Å². The molecule has 0 spiro atoms. The number of aromatic hydroxyl groups is 1. The van der Waals surface area contributed by atoms with Gasteiger partial charge >= 0.3 is 11.9 Å². The van der Waals surface area contributed by atoms with Crippen molar-refractivity contribution in [2.24, 2.45) is 0 Å². The topological polar surface area (TPSA) is 176 Å². The van der Waals surface area contributed by atoms with Gasteiger partial charge in [0.05, 0.1) is 48.4 Å². The van der Waals surface area contributed by atoms with Gasteiger partial charge < -0.3 is 28.8 Å². The van der Waals surface area contributed by atoms with Crippen molar-refractivity contribution >= 4 is 45.9 Å². The standard InChI is InChI=1S/C29H29N7O7/c1-5-36-21(10-16(2)33-36)26(38)32-29-31-20-12-18(28(41)43-4)13-22(37)24(20)35(29)9-7-6-8-34-15-30-19-11-17(27(39)40)14-23(42-3)25(19)34/h6-7,10-15,37H,5,8-9H2,1-4H3,(H,39,40)(H,31,32,38). The largest absolute Gasteiger partial charge is 0.506 e. The van der Waals surface area contributed by atoms with E-state index in [1.165, 1.54) is 38.5 Å². The fourth-order valence-corrected chi connectivity index (χ4v) is 4.85. The molecule has 0 bridgehead atoms. The minimum Gasteiger partial charge on any atom is -0.506 e. The number of methoxy groups -OCH3 is 2. The highest BCUT2D eigenvalue weighted by molar-refractivity contribution is 6.04. The Balaban J connectivity index is 1.48. The number of rotatable bonds is 10. The summed E-state index contributed by atoms with van der Waals surface area (Å²) in [6.07, 6.45) is 5.24. The van der Waals surface area contributed by atoms with E-state index in [1.54, 1.807) is 33.1 Å². The van der Waals surface area contributed by atoms with Gasteiger partial charge in [-0.25, -0.2) is 19.6 Å². The van der Waals surface area contributed by atoms with Crippen molar-refractivity contribution in [3.63, 3.8) is 0 Å². The second-order valence-corrected chi connectivity index (χ2v) is 9.56. The Morgan fingerprint density at radius 1 is 1.00 bits per heavy atom. The Kier molecular flexibility index (Phi) is 7.84. The number of nitrogens with one attached hydrogen (secondary N) is 1. The maximum Gasteiger partial charge on any atom is 0.338 e. The first-order valence-corrected chi connectivity index (χ1v) is 13.2. The van der Waals surface area contributed by atoms with Crippen LogP contribution in [0.3, 0.4) is 0 Å². The zero-order chi connectivity index (χ0) is 30.8. The minimum atomic E-state index is -1.08. The first-order valence-electron chi connectivity index (χ1n) is 13.2. The fraction of sp³-hybridized carbons (Fsp3) is 0.241. The van der Waals surface area contributed by atoms with Gasteiger partial charge in [-0.05, 0) is 44.2 Å². The van der Waals surface area contributed by atoms with Crippen molar-refractivity contribution in [2.75, 3.05) is 19.5 Å². The number of aromatic carboxylic acids is 1. The lowest BCUT2D eigenvalue weighted by molar-refractivity contribution is 0.0599. The summed E-state index contributed by atoms with van der Waals surface area (Å²) < 4.78 is 15.2. The molecule has 3 aromatic heterocycles. The predicted molar refractivity (Wildman–Crippen MR) is 156 cm³/mol. The third-order valence-electron chi connectivity index (χ3n) is 6.80. The average molecular weight is 588 g/mol. The van der Waals surface area contributed by atoms with Crippen molar-refractivity contribution in [1.29, 1.82) is 0 Å². The summed E-state index contributed by atoms with van der Waals surface area (Å²) in [5.41, 5.74) is 2.91. The van der Waals surface area contributed by atoms with Crippen molar-refractivity contribution in [1.82, 2.24) is 28.9 Å². The summed E-state index contributed by atoms with van der Waals surface area (Å²) in [5, 5.41) is 27.4. The van der Waals surface area contributed by atoms with Gasteiger partial charge in [0.1, 0.15) is 28.2 Å². The number of benzene rings is 2. The molecule has 0 aliphatic rings. The number of aryl methyl sites for hydroxylation is 2. The number of imidazole rings is 2. The number of fused-ring (bicyclic) bond motifs is 2. The lowest BCUT2D eigenvalue weighted by Crippen LogP contribution is -2.19. The summed E-state index contributed by atoms with van der Waals surface area (Å²) in [6.45, 7) is 4.71. The van der Waals surface area contributed by atoms with E-state index in [0.29, 0.717) is 46.8 Å². The Hall–Kier alpha value is -5.66. The Morgan fingerprint density at radius 3 is 2.44 bits per heavy atom. The number of anilines is 1. The third kappa shape index (κ3) is 5.49. The van der Waals surface area contributed by atoms with Crippen LogP contribution in [-0.2, 0) is 24.4 Å². The maximum absolute atomic E-state index is 13.2. The van der Waals surface area contributed by atoms with Gasteiger partial charge in [0.2, 0.25) is 5.95 Å². The Bertz CT molecular complexity index is 1920.